The number of nitrogens with one attached hydrogen (secondary N) is 1. The van der Waals surface area contributed by atoms with Gasteiger partial charge in [0.1, 0.15) is 0 Å². The van der Waals surface area contributed by atoms with Crippen molar-refractivity contribution in [3.8, 4) is 0 Å². The Balaban J connectivity index is 2.60. The second kappa shape index (κ2) is 7.14. The maximum absolute atomic E-state index is 13.4. The summed E-state index contributed by atoms with van der Waals surface area (Å²) in [5.74, 6) is 3.80. The molecule has 0 spiro atoms. The number of halogens is 2. The van der Waals surface area contributed by atoms with Crippen molar-refractivity contribution in [1.82, 2.24) is 5.43 Å². The van der Waals surface area contributed by atoms with Gasteiger partial charge in [0.15, 0.2) is 11.6 Å². The van der Waals surface area contributed by atoms with Gasteiger partial charge in [-0.15, -0.1) is 6.58 Å². The monoisotopic (exact) mass is 240 g/mol. The van der Waals surface area contributed by atoms with Gasteiger partial charge >= 0.3 is 0 Å². The second-order valence-electron chi connectivity index (χ2n) is 4.00. The SMILES string of the molecule is C=CCCCC(Cc1cccc(F)c1F)NN. The van der Waals surface area contributed by atoms with Gasteiger partial charge in [0, 0.05) is 6.04 Å². The number of unbranched alkanes of at least 4 members (excludes halogenated alkanes) is 1. The first-order valence-corrected chi connectivity index (χ1v) is 5.69. The van der Waals surface area contributed by atoms with Crippen LogP contribution in [0.2, 0.25) is 0 Å². The normalized spacial score (nSPS) is 12.4. The van der Waals surface area contributed by atoms with Crippen LogP contribution in [0.3, 0.4) is 0 Å². The lowest BCUT2D eigenvalue weighted by Gasteiger charge is -2.15. The standard InChI is InChI=1S/C13H18F2N2/c1-2-3-4-7-11(17-16)9-10-6-5-8-12(14)13(10)15/h2,5-6,8,11,17H,1,3-4,7,9,16H2. The van der Waals surface area contributed by atoms with E-state index < -0.39 is 11.6 Å². The van der Waals surface area contributed by atoms with Gasteiger partial charge in [-0.05, 0) is 37.3 Å². The molecule has 0 aliphatic heterocycles. The summed E-state index contributed by atoms with van der Waals surface area (Å²) < 4.78 is 26.4. The van der Waals surface area contributed by atoms with E-state index in [-0.39, 0.29) is 6.04 Å². The third-order valence-corrected chi connectivity index (χ3v) is 2.69. The van der Waals surface area contributed by atoms with E-state index >= 15 is 0 Å². The quantitative estimate of drug-likeness (QED) is 0.333. The molecule has 1 unspecified atom stereocenters. The molecule has 1 rings (SSSR count). The molecule has 2 nitrogen and oxygen atoms in total. The Labute approximate surface area is 100 Å². The van der Waals surface area contributed by atoms with Gasteiger partial charge in [-0.25, -0.2) is 8.78 Å². The molecule has 0 saturated heterocycles. The summed E-state index contributed by atoms with van der Waals surface area (Å²) in [6, 6.07) is 4.15. The molecule has 4 heteroatoms. The molecule has 0 aromatic heterocycles. The van der Waals surface area contributed by atoms with Crippen LogP contribution in [0.4, 0.5) is 8.78 Å². The number of hydrogen-bond donors (Lipinski definition) is 2. The average molecular weight is 240 g/mol. The fourth-order valence-electron chi connectivity index (χ4n) is 1.72. The van der Waals surface area contributed by atoms with Crippen LogP contribution in [0.15, 0.2) is 30.9 Å². The molecular weight excluding hydrogens is 222 g/mol. The summed E-state index contributed by atoms with van der Waals surface area (Å²) in [4.78, 5) is 0. The Morgan fingerprint density at radius 2 is 2.18 bits per heavy atom. The number of benzene rings is 1. The van der Waals surface area contributed by atoms with E-state index in [9.17, 15) is 8.78 Å². The Morgan fingerprint density at radius 3 is 2.82 bits per heavy atom. The first kappa shape index (κ1) is 13.8. The van der Waals surface area contributed by atoms with Gasteiger partial charge in [-0.3, -0.25) is 11.3 Å². The van der Waals surface area contributed by atoms with Crippen LogP contribution in [0.1, 0.15) is 24.8 Å². The zero-order valence-corrected chi connectivity index (χ0v) is 9.76. The molecule has 1 atom stereocenters. The number of hydrazine groups is 1. The summed E-state index contributed by atoms with van der Waals surface area (Å²) in [5, 5.41) is 0. The van der Waals surface area contributed by atoms with Gasteiger partial charge < -0.3 is 0 Å². The third kappa shape index (κ3) is 4.24. The molecule has 94 valence electrons. The van der Waals surface area contributed by atoms with Gasteiger partial charge in [0.2, 0.25) is 0 Å². The first-order valence-electron chi connectivity index (χ1n) is 5.69. The fourth-order valence-corrected chi connectivity index (χ4v) is 1.72. The van der Waals surface area contributed by atoms with Crippen molar-refractivity contribution in [2.45, 2.75) is 31.7 Å². The number of rotatable bonds is 7. The lowest BCUT2D eigenvalue weighted by molar-refractivity contribution is 0.453. The highest BCUT2D eigenvalue weighted by Gasteiger charge is 2.13. The summed E-state index contributed by atoms with van der Waals surface area (Å²) in [5.41, 5.74) is 2.99. The minimum Gasteiger partial charge on any atom is -0.271 e. The maximum Gasteiger partial charge on any atom is 0.162 e. The Kier molecular flexibility index (Phi) is 5.80. The van der Waals surface area contributed by atoms with Gasteiger partial charge in [-0.1, -0.05) is 18.2 Å². The van der Waals surface area contributed by atoms with E-state index in [0.717, 1.165) is 25.3 Å². The summed E-state index contributed by atoms with van der Waals surface area (Å²) in [6.07, 6.45) is 4.84. The largest absolute Gasteiger partial charge is 0.271 e. The van der Waals surface area contributed by atoms with E-state index in [1.807, 2.05) is 6.08 Å². The van der Waals surface area contributed by atoms with E-state index in [2.05, 4.69) is 12.0 Å². The highest BCUT2D eigenvalue weighted by molar-refractivity contribution is 5.19. The van der Waals surface area contributed by atoms with Crippen LogP contribution < -0.4 is 11.3 Å². The van der Waals surface area contributed by atoms with Crippen LogP contribution in [-0.2, 0) is 6.42 Å². The zero-order valence-electron chi connectivity index (χ0n) is 9.76. The third-order valence-electron chi connectivity index (χ3n) is 2.69. The zero-order chi connectivity index (χ0) is 12.7. The molecule has 0 radical (unpaired) electrons. The molecular formula is C13H18F2N2. The van der Waals surface area contributed by atoms with E-state index in [1.165, 1.54) is 6.07 Å². The molecule has 1 aromatic rings. The van der Waals surface area contributed by atoms with Crippen molar-refractivity contribution in [1.29, 1.82) is 0 Å². The summed E-state index contributed by atoms with van der Waals surface area (Å²) in [6.45, 7) is 3.63. The minimum atomic E-state index is -0.815. The van der Waals surface area contributed by atoms with Crippen molar-refractivity contribution in [3.05, 3.63) is 48.1 Å². The van der Waals surface area contributed by atoms with E-state index in [0.29, 0.717) is 12.0 Å². The molecule has 3 N–H and O–H groups in total. The second-order valence-corrected chi connectivity index (χ2v) is 4.00. The van der Waals surface area contributed by atoms with Crippen molar-refractivity contribution < 1.29 is 8.78 Å². The Morgan fingerprint density at radius 1 is 1.41 bits per heavy atom. The number of nitrogens with two attached hydrogens (primary N) is 1. The molecule has 17 heavy (non-hydrogen) atoms. The predicted octanol–water partition coefficient (Wildman–Crippen LogP) is 2.70. The predicted molar refractivity (Wildman–Crippen MR) is 65.2 cm³/mol. The van der Waals surface area contributed by atoms with Crippen molar-refractivity contribution in [3.63, 3.8) is 0 Å². The number of allylic oxidation sites excluding steroid dienone is 1. The van der Waals surface area contributed by atoms with Gasteiger partial charge in [0.25, 0.3) is 0 Å². The molecule has 0 aliphatic carbocycles. The average Bonchev–Trinajstić information content (AvgIpc) is 2.33. The highest BCUT2D eigenvalue weighted by Crippen LogP contribution is 2.15. The molecule has 0 heterocycles. The van der Waals surface area contributed by atoms with Gasteiger partial charge in [-0.2, -0.15) is 0 Å². The topological polar surface area (TPSA) is 38.0 Å². The summed E-state index contributed by atoms with van der Waals surface area (Å²) in [7, 11) is 0. The highest BCUT2D eigenvalue weighted by atomic mass is 19.2. The van der Waals surface area contributed by atoms with Crippen LogP contribution in [0, 0.1) is 11.6 Å². The molecule has 0 bridgehead atoms. The smallest absolute Gasteiger partial charge is 0.162 e. The molecule has 0 amide bonds. The van der Waals surface area contributed by atoms with Crippen LogP contribution >= 0.6 is 0 Å². The lowest BCUT2D eigenvalue weighted by atomic mass is 10.0. The molecule has 1 aromatic carbocycles. The van der Waals surface area contributed by atoms with Crippen LogP contribution in [0.25, 0.3) is 0 Å². The van der Waals surface area contributed by atoms with Crippen molar-refractivity contribution in [2.24, 2.45) is 5.84 Å². The van der Waals surface area contributed by atoms with Crippen molar-refractivity contribution >= 4 is 0 Å². The number of hydrogen-bond acceptors (Lipinski definition) is 2. The Bertz CT molecular complexity index is 366. The molecule has 0 aliphatic rings. The van der Waals surface area contributed by atoms with Crippen molar-refractivity contribution in [2.75, 3.05) is 0 Å². The Hall–Kier alpha value is -1.26. The molecule has 0 saturated carbocycles. The maximum atomic E-state index is 13.4. The van der Waals surface area contributed by atoms with Crippen LogP contribution in [-0.4, -0.2) is 6.04 Å². The van der Waals surface area contributed by atoms with Gasteiger partial charge in [0.05, 0.1) is 0 Å². The van der Waals surface area contributed by atoms with E-state index in [1.54, 1.807) is 6.07 Å². The first-order chi connectivity index (χ1) is 8.19. The summed E-state index contributed by atoms with van der Waals surface area (Å²) >= 11 is 0. The van der Waals surface area contributed by atoms with E-state index in [4.69, 9.17) is 5.84 Å². The fraction of sp³-hybridized carbons (Fsp3) is 0.385. The lowest BCUT2D eigenvalue weighted by Crippen LogP contribution is -2.37. The minimum absolute atomic E-state index is 0.0498. The van der Waals surface area contributed by atoms with Crippen LogP contribution in [0.5, 0.6) is 0 Å². The molecule has 0 fully saturated rings.